The molecule has 0 radical (unpaired) electrons. The van der Waals surface area contributed by atoms with Gasteiger partial charge in [-0.1, -0.05) is 23.8 Å². The normalized spacial score (nSPS) is 16.5. The van der Waals surface area contributed by atoms with Gasteiger partial charge in [0.15, 0.2) is 0 Å². The topological polar surface area (TPSA) is 78.5 Å². The average Bonchev–Trinajstić information content (AvgIpc) is 2.97. The maximum absolute atomic E-state index is 12.5. The lowest BCUT2D eigenvalue weighted by Crippen LogP contribution is -2.28. The van der Waals surface area contributed by atoms with Crippen molar-refractivity contribution in [2.24, 2.45) is 5.92 Å². The molecule has 1 fully saturated rings. The fourth-order valence-electron chi connectivity index (χ4n) is 2.98. The highest BCUT2D eigenvalue weighted by Crippen LogP contribution is 2.26. The third-order valence-corrected chi connectivity index (χ3v) is 4.29. The molecule has 1 saturated heterocycles. The lowest BCUT2D eigenvalue weighted by Gasteiger charge is -2.17. The van der Waals surface area contributed by atoms with Gasteiger partial charge in [0.05, 0.1) is 5.92 Å². The van der Waals surface area contributed by atoms with Crippen LogP contribution in [0.4, 0.5) is 17.1 Å². The Bertz CT molecular complexity index is 846. The van der Waals surface area contributed by atoms with Gasteiger partial charge in [-0.3, -0.25) is 14.4 Å². The lowest BCUT2D eigenvalue weighted by atomic mass is 10.1. The Morgan fingerprint density at radius 1 is 1.04 bits per heavy atom. The number of nitrogens with zero attached hydrogens (tertiary/aromatic N) is 1. The average molecular weight is 351 g/mol. The third kappa shape index (κ3) is 4.08. The lowest BCUT2D eigenvalue weighted by molar-refractivity contribution is -0.122. The molecule has 0 spiro atoms. The van der Waals surface area contributed by atoms with Gasteiger partial charge < -0.3 is 15.5 Å². The van der Waals surface area contributed by atoms with Crippen LogP contribution in [0.1, 0.15) is 18.9 Å². The fourth-order valence-corrected chi connectivity index (χ4v) is 2.98. The molecule has 1 aliphatic heterocycles. The first-order chi connectivity index (χ1) is 12.4. The van der Waals surface area contributed by atoms with Crippen LogP contribution in [0.15, 0.2) is 48.5 Å². The number of rotatable bonds is 4. The van der Waals surface area contributed by atoms with Gasteiger partial charge in [-0.15, -0.1) is 0 Å². The summed E-state index contributed by atoms with van der Waals surface area (Å²) < 4.78 is 0. The maximum atomic E-state index is 12.5. The SMILES string of the molecule is CC(=O)Nc1cccc(NC(=O)[C@H]2CC(=O)N(c3ccc(C)cc3)C2)c1. The van der Waals surface area contributed by atoms with Gasteiger partial charge >= 0.3 is 0 Å². The summed E-state index contributed by atoms with van der Waals surface area (Å²) in [6.45, 7) is 3.77. The zero-order chi connectivity index (χ0) is 18.7. The van der Waals surface area contributed by atoms with Crippen molar-refractivity contribution in [3.63, 3.8) is 0 Å². The number of carbonyl (C=O) groups excluding carboxylic acids is 3. The van der Waals surface area contributed by atoms with E-state index in [1.54, 1.807) is 29.2 Å². The minimum Gasteiger partial charge on any atom is -0.326 e. The molecule has 6 heteroatoms. The van der Waals surface area contributed by atoms with Crippen molar-refractivity contribution in [2.75, 3.05) is 22.1 Å². The Kier molecular flexibility index (Phi) is 5.02. The van der Waals surface area contributed by atoms with Crippen LogP contribution in [0, 0.1) is 12.8 Å². The molecule has 1 aliphatic rings. The van der Waals surface area contributed by atoms with Crippen LogP contribution in [0.25, 0.3) is 0 Å². The molecule has 2 N–H and O–H groups in total. The summed E-state index contributed by atoms with van der Waals surface area (Å²) in [5, 5.41) is 5.51. The van der Waals surface area contributed by atoms with Gasteiger partial charge in [0.2, 0.25) is 17.7 Å². The number of amides is 3. The predicted octanol–water partition coefficient (Wildman–Crippen LogP) is 2.95. The summed E-state index contributed by atoms with van der Waals surface area (Å²) in [5.74, 6) is -0.842. The highest BCUT2D eigenvalue weighted by molar-refractivity contribution is 6.03. The van der Waals surface area contributed by atoms with E-state index >= 15 is 0 Å². The summed E-state index contributed by atoms with van der Waals surface area (Å²) in [5.41, 5.74) is 3.12. The van der Waals surface area contributed by atoms with Crippen molar-refractivity contribution in [2.45, 2.75) is 20.3 Å². The van der Waals surface area contributed by atoms with Gasteiger partial charge in [-0.2, -0.15) is 0 Å². The van der Waals surface area contributed by atoms with E-state index < -0.39 is 5.92 Å². The molecule has 3 amide bonds. The Balaban J connectivity index is 1.66. The molecule has 6 nitrogen and oxygen atoms in total. The van der Waals surface area contributed by atoms with E-state index in [1.165, 1.54) is 6.92 Å². The van der Waals surface area contributed by atoms with E-state index in [-0.39, 0.29) is 24.1 Å². The molecule has 2 aromatic rings. The number of aryl methyl sites for hydroxylation is 1. The monoisotopic (exact) mass is 351 g/mol. The number of hydrogen-bond donors (Lipinski definition) is 2. The van der Waals surface area contributed by atoms with Crippen LogP contribution in [0.2, 0.25) is 0 Å². The highest BCUT2D eigenvalue weighted by Gasteiger charge is 2.35. The minimum absolute atomic E-state index is 0.0546. The summed E-state index contributed by atoms with van der Waals surface area (Å²) >= 11 is 0. The first-order valence-corrected chi connectivity index (χ1v) is 8.48. The van der Waals surface area contributed by atoms with Crippen LogP contribution < -0.4 is 15.5 Å². The van der Waals surface area contributed by atoms with Crippen molar-refractivity contribution in [1.29, 1.82) is 0 Å². The van der Waals surface area contributed by atoms with E-state index in [0.29, 0.717) is 17.9 Å². The molecule has 1 heterocycles. The smallest absolute Gasteiger partial charge is 0.229 e. The summed E-state index contributed by atoms with van der Waals surface area (Å²) in [7, 11) is 0. The van der Waals surface area contributed by atoms with Crippen LogP contribution in [0.5, 0.6) is 0 Å². The van der Waals surface area contributed by atoms with Crippen LogP contribution in [-0.2, 0) is 14.4 Å². The standard InChI is InChI=1S/C20H21N3O3/c1-13-6-8-18(9-7-13)23-12-15(10-19(23)25)20(26)22-17-5-3-4-16(11-17)21-14(2)24/h3-9,11,15H,10,12H2,1-2H3,(H,21,24)(H,22,26)/t15-/m0/s1. The molecule has 0 saturated carbocycles. The molecule has 134 valence electrons. The second-order valence-corrected chi connectivity index (χ2v) is 6.49. The molecule has 2 aromatic carbocycles. The second kappa shape index (κ2) is 7.39. The molecule has 0 aromatic heterocycles. The Labute approximate surface area is 152 Å². The van der Waals surface area contributed by atoms with E-state index in [0.717, 1.165) is 11.3 Å². The second-order valence-electron chi connectivity index (χ2n) is 6.49. The summed E-state index contributed by atoms with van der Waals surface area (Å²) in [4.78, 5) is 37.6. The molecule has 0 aliphatic carbocycles. The van der Waals surface area contributed by atoms with Crippen LogP contribution in [-0.4, -0.2) is 24.3 Å². The van der Waals surface area contributed by atoms with E-state index in [4.69, 9.17) is 0 Å². The first kappa shape index (κ1) is 17.7. The van der Waals surface area contributed by atoms with Crippen molar-refractivity contribution < 1.29 is 14.4 Å². The fraction of sp³-hybridized carbons (Fsp3) is 0.250. The number of anilines is 3. The number of hydrogen-bond acceptors (Lipinski definition) is 3. The van der Waals surface area contributed by atoms with Gasteiger partial charge in [0, 0.05) is 37.0 Å². The first-order valence-electron chi connectivity index (χ1n) is 8.48. The molecule has 3 rings (SSSR count). The maximum Gasteiger partial charge on any atom is 0.229 e. The Hall–Kier alpha value is -3.15. The largest absolute Gasteiger partial charge is 0.326 e. The van der Waals surface area contributed by atoms with E-state index in [2.05, 4.69) is 10.6 Å². The van der Waals surface area contributed by atoms with Crippen molar-refractivity contribution in [3.05, 3.63) is 54.1 Å². The van der Waals surface area contributed by atoms with Crippen molar-refractivity contribution in [3.8, 4) is 0 Å². The highest BCUT2D eigenvalue weighted by atomic mass is 16.2. The summed E-state index contributed by atoms with van der Waals surface area (Å²) in [6.07, 6.45) is 0.186. The van der Waals surface area contributed by atoms with Gasteiger partial charge in [0.25, 0.3) is 0 Å². The van der Waals surface area contributed by atoms with Gasteiger partial charge in [-0.05, 0) is 37.3 Å². The zero-order valence-electron chi connectivity index (χ0n) is 14.8. The Morgan fingerprint density at radius 3 is 2.35 bits per heavy atom. The van der Waals surface area contributed by atoms with Gasteiger partial charge in [0.1, 0.15) is 0 Å². The quantitative estimate of drug-likeness (QED) is 0.889. The van der Waals surface area contributed by atoms with E-state index in [9.17, 15) is 14.4 Å². The molecular weight excluding hydrogens is 330 g/mol. The summed E-state index contributed by atoms with van der Waals surface area (Å²) in [6, 6.07) is 14.6. The van der Waals surface area contributed by atoms with Crippen LogP contribution in [0.3, 0.4) is 0 Å². The molecular formula is C20H21N3O3. The zero-order valence-corrected chi connectivity index (χ0v) is 14.8. The minimum atomic E-state index is -0.409. The van der Waals surface area contributed by atoms with Gasteiger partial charge in [-0.25, -0.2) is 0 Å². The molecule has 26 heavy (non-hydrogen) atoms. The van der Waals surface area contributed by atoms with Crippen molar-refractivity contribution >= 4 is 34.8 Å². The predicted molar refractivity (Wildman–Crippen MR) is 101 cm³/mol. The molecule has 0 bridgehead atoms. The molecule has 1 atom stereocenters. The number of benzene rings is 2. The van der Waals surface area contributed by atoms with Crippen LogP contribution >= 0.6 is 0 Å². The number of carbonyl (C=O) groups is 3. The van der Waals surface area contributed by atoms with Crippen molar-refractivity contribution in [1.82, 2.24) is 0 Å². The Morgan fingerprint density at radius 2 is 1.69 bits per heavy atom. The molecule has 0 unspecified atom stereocenters. The number of nitrogens with one attached hydrogen (secondary N) is 2. The third-order valence-electron chi connectivity index (χ3n) is 4.29. The van der Waals surface area contributed by atoms with E-state index in [1.807, 2.05) is 31.2 Å².